The molecule has 0 aliphatic heterocycles. The van der Waals surface area contributed by atoms with Crippen molar-refractivity contribution in [1.29, 1.82) is 0 Å². The number of aliphatic hydroxyl groups is 1. The Labute approximate surface area is 113 Å². The maximum atomic E-state index is 12.7. The number of rotatable bonds is 4. The molecule has 18 heavy (non-hydrogen) atoms. The van der Waals surface area contributed by atoms with Crippen LogP contribution in [0.3, 0.4) is 0 Å². The van der Waals surface area contributed by atoms with Crippen LogP contribution >= 0.6 is 15.9 Å². The van der Waals surface area contributed by atoms with Crippen molar-refractivity contribution in [1.82, 2.24) is 4.98 Å². The number of aromatic nitrogens is 1. The fourth-order valence-electron chi connectivity index (χ4n) is 1.53. The average Bonchev–Trinajstić information content (AvgIpc) is 2.37. The zero-order chi connectivity index (χ0) is 13.0. The lowest BCUT2D eigenvalue weighted by atomic mass is 10.1. The lowest BCUT2D eigenvalue weighted by molar-refractivity contribution is 0.191. The van der Waals surface area contributed by atoms with Crippen LogP contribution in [0.15, 0.2) is 47.2 Å². The van der Waals surface area contributed by atoms with Crippen LogP contribution in [-0.2, 0) is 0 Å². The van der Waals surface area contributed by atoms with Gasteiger partial charge in [0.1, 0.15) is 5.82 Å². The summed E-state index contributed by atoms with van der Waals surface area (Å²) in [5.74, 6) is -0.310. The number of pyridine rings is 1. The molecule has 0 saturated carbocycles. The molecular formula is C13H12BrFN2O. The molecule has 0 aliphatic rings. The second-order valence-corrected chi connectivity index (χ2v) is 4.76. The van der Waals surface area contributed by atoms with Crippen molar-refractivity contribution in [2.75, 3.05) is 11.9 Å². The minimum absolute atomic E-state index is 0.310. The minimum Gasteiger partial charge on any atom is -0.387 e. The van der Waals surface area contributed by atoms with Crippen LogP contribution in [-0.4, -0.2) is 16.6 Å². The second-order valence-electron chi connectivity index (χ2n) is 3.84. The van der Waals surface area contributed by atoms with Crippen molar-refractivity contribution >= 4 is 21.6 Å². The van der Waals surface area contributed by atoms with Gasteiger partial charge in [-0.15, -0.1) is 0 Å². The molecule has 1 heterocycles. The molecule has 0 bridgehead atoms. The van der Waals surface area contributed by atoms with Gasteiger partial charge in [-0.1, -0.05) is 12.1 Å². The third-order valence-electron chi connectivity index (χ3n) is 2.46. The first kappa shape index (κ1) is 13.0. The molecule has 1 unspecified atom stereocenters. The highest BCUT2D eigenvalue weighted by Gasteiger charge is 2.07. The van der Waals surface area contributed by atoms with Crippen LogP contribution in [0.1, 0.15) is 11.7 Å². The van der Waals surface area contributed by atoms with Crippen LogP contribution in [0, 0.1) is 5.82 Å². The zero-order valence-corrected chi connectivity index (χ0v) is 11.1. The van der Waals surface area contributed by atoms with Gasteiger partial charge in [-0.3, -0.25) is 4.98 Å². The fraction of sp³-hybridized carbons (Fsp3) is 0.154. The van der Waals surface area contributed by atoms with E-state index in [0.29, 0.717) is 12.1 Å². The van der Waals surface area contributed by atoms with Crippen LogP contribution < -0.4 is 5.32 Å². The molecule has 94 valence electrons. The summed E-state index contributed by atoms with van der Waals surface area (Å²) in [6.07, 6.45) is 2.66. The smallest absolute Gasteiger partial charge is 0.123 e. The molecule has 2 aromatic rings. The Morgan fingerprint density at radius 3 is 2.67 bits per heavy atom. The molecule has 0 aliphatic carbocycles. The predicted molar refractivity (Wildman–Crippen MR) is 71.8 cm³/mol. The van der Waals surface area contributed by atoms with E-state index in [1.54, 1.807) is 24.5 Å². The number of halogens is 2. The largest absolute Gasteiger partial charge is 0.387 e. The molecule has 0 amide bonds. The second kappa shape index (κ2) is 5.93. The summed E-state index contributed by atoms with van der Waals surface area (Å²) in [4.78, 5) is 4.01. The molecular weight excluding hydrogens is 299 g/mol. The lowest BCUT2D eigenvalue weighted by Gasteiger charge is -2.13. The molecule has 1 aromatic carbocycles. The number of nitrogens with one attached hydrogen (secondary N) is 1. The maximum absolute atomic E-state index is 12.7. The van der Waals surface area contributed by atoms with E-state index in [1.165, 1.54) is 12.1 Å². The normalized spacial score (nSPS) is 12.2. The highest BCUT2D eigenvalue weighted by atomic mass is 79.9. The molecule has 0 spiro atoms. The van der Waals surface area contributed by atoms with E-state index in [-0.39, 0.29) is 5.82 Å². The van der Waals surface area contributed by atoms with E-state index in [9.17, 15) is 9.50 Å². The maximum Gasteiger partial charge on any atom is 0.123 e. The highest BCUT2D eigenvalue weighted by Crippen LogP contribution is 2.17. The summed E-state index contributed by atoms with van der Waals surface area (Å²) in [6.45, 7) is 0.337. The molecule has 1 aromatic heterocycles. The van der Waals surface area contributed by atoms with Crippen molar-refractivity contribution in [3.8, 4) is 0 Å². The van der Waals surface area contributed by atoms with Crippen LogP contribution in [0.4, 0.5) is 10.1 Å². The van der Waals surface area contributed by atoms with E-state index >= 15 is 0 Å². The molecule has 1 atom stereocenters. The molecule has 2 N–H and O–H groups in total. The number of aliphatic hydroxyl groups excluding tert-OH is 1. The van der Waals surface area contributed by atoms with Gasteiger partial charge < -0.3 is 10.4 Å². The van der Waals surface area contributed by atoms with Gasteiger partial charge in [0.15, 0.2) is 0 Å². The number of benzene rings is 1. The molecule has 2 rings (SSSR count). The van der Waals surface area contributed by atoms with Crippen molar-refractivity contribution < 1.29 is 9.50 Å². The number of nitrogens with zero attached hydrogens (tertiary/aromatic N) is 1. The van der Waals surface area contributed by atoms with Crippen LogP contribution in [0.25, 0.3) is 0 Å². The predicted octanol–water partition coefficient (Wildman–Crippen LogP) is 3.13. The summed E-state index contributed by atoms with van der Waals surface area (Å²) in [5, 5.41) is 13.0. The van der Waals surface area contributed by atoms with Gasteiger partial charge >= 0.3 is 0 Å². The third-order valence-corrected chi connectivity index (χ3v) is 2.89. The molecule has 0 fully saturated rings. The average molecular weight is 311 g/mol. The standard InChI is InChI=1S/C13H12BrFN2O/c14-10-5-12(7-16-6-10)17-8-13(18)9-1-3-11(15)4-2-9/h1-7,13,17-18H,8H2. The molecule has 0 radical (unpaired) electrons. The Morgan fingerprint density at radius 2 is 2.00 bits per heavy atom. The number of hydrogen-bond acceptors (Lipinski definition) is 3. The fourth-order valence-corrected chi connectivity index (χ4v) is 1.89. The van der Waals surface area contributed by atoms with Crippen LogP contribution in [0.2, 0.25) is 0 Å². The topological polar surface area (TPSA) is 45.1 Å². The Morgan fingerprint density at radius 1 is 1.28 bits per heavy atom. The van der Waals surface area contributed by atoms with Gasteiger partial charge in [-0.2, -0.15) is 0 Å². The van der Waals surface area contributed by atoms with Crippen molar-refractivity contribution in [2.24, 2.45) is 0 Å². The van der Waals surface area contributed by atoms with Gasteiger partial charge in [-0.05, 0) is 39.7 Å². The van der Waals surface area contributed by atoms with E-state index in [4.69, 9.17) is 0 Å². The molecule has 0 saturated heterocycles. The first-order valence-corrected chi connectivity index (χ1v) is 6.22. The van der Waals surface area contributed by atoms with Gasteiger partial charge in [0.25, 0.3) is 0 Å². The van der Waals surface area contributed by atoms with Gasteiger partial charge in [-0.25, -0.2) is 4.39 Å². The highest BCUT2D eigenvalue weighted by molar-refractivity contribution is 9.10. The lowest BCUT2D eigenvalue weighted by Crippen LogP contribution is -2.12. The first-order chi connectivity index (χ1) is 8.65. The van der Waals surface area contributed by atoms with Gasteiger partial charge in [0, 0.05) is 17.2 Å². The van der Waals surface area contributed by atoms with Crippen molar-refractivity contribution in [3.63, 3.8) is 0 Å². The zero-order valence-electron chi connectivity index (χ0n) is 9.48. The Hall–Kier alpha value is -1.46. The Kier molecular flexibility index (Phi) is 4.28. The summed E-state index contributed by atoms with van der Waals surface area (Å²) < 4.78 is 13.6. The van der Waals surface area contributed by atoms with E-state index < -0.39 is 6.10 Å². The monoisotopic (exact) mass is 310 g/mol. The Bertz CT molecular complexity index is 519. The number of hydrogen-bond donors (Lipinski definition) is 2. The summed E-state index contributed by atoms with van der Waals surface area (Å²) in [7, 11) is 0. The summed E-state index contributed by atoms with van der Waals surface area (Å²) in [6, 6.07) is 7.67. The Balaban J connectivity index is 1.96. The van der Waals surface area contributed by atoms with Crippen molar-refractivity contribution in [3.05, 3.63) is 58.6 Å². The quantitative estimate of drug-likeness (QED) is 0.912. The van der Waals surface area contributed by atoms with Crippen molar-refractivity contribution in [2.45, 2.75) is 6.10 Å². The van der Waals surface area contributed by atoms with E-state index in [1.807, 2.05) is 6.07 Å². The summed E-state index contributed by atoms with van der Waals surface area (Å²) >= 11 is 3.32. The van der Waals surface area contributed by atoms with E-state index in [2.05, 4.69) is 26.2 Å². The van der Waals surface area contributed by atoms with E-state index in [0.717, 1.165) is 10.2 Å². The SMILES string of the molecule is OC(CNc1cncc(Br)c1)c1ccc(F)cc1. The third kappa shape index (κ3) is 3.51. The summed E-state index contributed by atoms with van der Waals surface area (Å²) in [5.41, 5.74) is 1.48. The number of anilines is 1. The first-order valence-electron chi connectivity index (χ1n) is 5.43. The van der Waals surface area contributed by atoms with Gasteiger partial charge in [0.2, 0.25) is 0 Å². The minimum atomic E-state index is -0.690. The molecule has 3 nitrogen and oxygen atoms in total. The van der Waals surface area contributed by atoms with Crippen LogP contribution in [0.5, 0.6) is 0 Å². The van der Waals surface area contributed by atoms with Gasteiger partial charge in [0.05, 0.1) is 18.0 Å². The molecule has 5 heteroatoms.